The Balaban J connectivity index is 1.89. The fourth-order valence-electron chi connectivity index (χ4n) is 2.77. The molecule has 3 nitrogen and oxygen atoms in total. The van der Waals surface area contributed by atoms with Gasteiger partial charge in [0.1, 0.15) is 4.60 Å². The van der Waals surface area contributed by atoms with Gasteiger partial charge in [0.05, 0.1) is 6.04 Å². The second-order valence-electron chi connectivity index (χ2n) is 5.08. The van der Waals surface area contributed by atoms with Gasteiger partial charge in [0.2, 0.25) is 0 Å². The molecular weight excluding hydrogens is 396 g/mol. The third kappa shape index (κ3) is 3.19. The number of rotatable bonds is 2. The highest BCUT2D eigenvalue weighted by atomic mass is 79.9. The fourth-order valence-corrected chi connectivity index (χ4v) is 3.55. The summed E-state index contributed by atoms with van der Waals surface area (Å²) < 4.78 is 1.73. The molecule has 2 aromatic rings. The van der Waals surface area contributed by atoms with Crippen LogP contribution in [0.25, 0.3) is 0 Å². The number of pyridine rings is 1. The molecule has 1 aromatic heterocycles. The third-order valence-electron chi connectivity index (χ3n) is 3.72. The SMILES string of the molecule is O=C(c1ccnc(Br)c1)N1CCCC1c1cccc(Br)c1. The number of aromatic nitrogens is 1. The third-order valence-corrected chi connectivity index (χ3v) is 4.65. The lowest BCUT2D eigenvalue weighted by atomic mass is 10.0. The Hall–Kier alpha value is -1.20. The first kappa shape index (κ1) is 14.7. The molecule has 2 heterocycles. The smallest absolute Gasteiger partial charge is 0.254 e. The van der Waals surface area contributed by atoms with Gasteiger partial charge in [0.15, 0.2) is 0 Å². The molecule has 0 bridgehead atoms. The summed E-state index contributed by atoms with van der Waals surface area (Å²) in [4.78, 5) is 18.8. The first-order chi connectivity index (χ1) is 10.1. The van der Waals surface area contributed by atoms with Crippen LogP contribution in [0.5, 0.6) is 0 Å². The Bertz CT molecular complexity index is 675. The minimum absolute atomic E-state index is 0.0700. The minimum atomic E-state index is 0.0700. The first-order valence-electron chi connectivity index (χ1n) is 6.83. The number of carbonyl (C=O) groups is 1. The van der Waals surface area contributed by atoms with E-state index < -0.39 is 0 Å². The highest BCUT2D eigenvalue weighted by molar-refractivity contribution is 9.10. The lowest BCUT2D eigenvalue weighted by Crippen LogP contribution is -2.30. The maximum Gasteiger partial charge on any atom is 0.254 e. The number of hydrogen-bond donors (Lipinski definition) is 0. The Morgan fingerprint density at radius 2 is 2.10 bits per heavy atom. The van der Waals surface area contributed by atoms with Gasteiger partial charge in [-0.05, 0) is 58.6 Å². The second-order valence-corrected chi connectivity index (χ2v) is 6.81. The van der Waals surface area contributed by atoms with Crippen LogP contribution in [0, 0.1) is 0 Å². The van der Waals surface area contributed by atoms with Crippen molar-refractivity contribution in [2.45, 2.75) is 18.9 Å². The lowest BCUT2D eigenvalue weighted by Gasteiger charge is -2.25. The van der Waals surface area contributed by atoms with Gasteiger partial charge >= 0.3 is 0 Å². The molecule has 108 valence electrons. The number of carbonyl (C=O) groups excluding carboxylic acids is 1. The van der Waals surface area contributed by atoms with Crippen LogP contribution in [0.2, 0.25) is 0 Å². The highest BCUT2D eigenvalue weighted by Crippen LogP contribution is 2.34. The summed E-state index contributed by atoms with van der Waals surface area (Å²) >= 11 is 6.82. The fraction of sp³-hybridized carbons (Fsp3) is 0.250. The monoisotopic (exact) mass is 408 g/mol. The molecule has 1 aliphatic heterocycles. The highest BCUT2D eigenvalue weighted by Gasteiger charge is 2.30. The van der Waals surface area contributed by atoms with Crippen molar-refractivity contribution in [1.29, 1.82) is 0 Å². The number of amides is 1. The summed E-state index contributed by atoms with van der Waals surface area (Å²) in [5.41, 5.74) is 1.86. The van der Waals surface area contributed by atoms with Gasteiger partial charge in [-0.3, -0.25) is 4.79 Å². The molecule has 3 rings (SSSR count). The van der Waals surface area contributed by atoms with E-state index >= 15 is 0 Å². The first-order valence-corrected chi connectivity index (χ1v) is 8.42. The van der Waals surface area contributed by atoms with Crippen molar-refractivity contribution in [2.24, 2.45) is 0 Å². The zero-order valence-electron chi connectivity index (χ0n) is 11.3. The largest absolute Gasteiger partial charge is 0.332 e. The molecule has 1 fully saturated rings. The van der Waals surface area contributed by atoms with Crippen molar-refractivity contribution in [3.05, 3.63) is 62.8 Å². The minimum Gasteiger partial charge on any atom is -0.332 e. The number of hydrogen-bond acceptors (Lipinski definition) is 2. The predicted octanol–water partition coefficient (Wildman–Crippen LogP) is 4.58. The van der Waals surface area contributed by atoms with E-state index in [1.807, 2.05) is 17.0 Å². The zero-order chi connectivity index (χ0) is 14.8. The summed E-state index contributed by atoms with van der Waals surface area (Å²) in [6.07, 6.45) is 3.70. The molecule has 21 heavy (non-hydrogen) atoms. The van der Waals surface area contributed by atoms with Gasteiger partial charge < -0.3 is 4.90 Å². The van der Waals surface area contributed by atoms with Gasteiger partial charge in [0.25, 0.3) is 5.91 Å². The maximum absolute atomic E-state index is 12.7. The van der Waals surface area contributed by atoms with Crippen LogP contribution in [0.15, 0.2) is 51.7 Å². The lowest BCUT2D eigenvalue weighted by molar-refractivity contribution is 0.0735. The van der Waals surface area contributed by atoms with Crippen LogP contribution in [-0.4, -0.2) is 22.3 Å². The van der Waals surface area contributed by atoms with Gasteiger partial charge in [-0.1, -0.05) is 28.1 Å². The van der Waals surface area contributed by atoms with Crippen molar-refractivity contribution in [2.75, 3.05) is 6.54 Å². The Morgan fingerprint density at radius 3 is 2.86 bits per heavy atom. The summed E-state index contributed by atoms with van der Waals surface area (Å²) in [7, 11) is 0. The summed E-state index contributed by atoms with van der Waals surface area (Å²) in [5.74, 6) is 0.0700. The van der Waals surface area contributed by atoms with Crippen LogP contribution in [0.3, 0.4) is 0 Å². The molecule has 0 radical (unpaired) electrons. The van der Waals surface area contributed by atoms with Crippen LogP contribution in [0.1, 0.15) is 34.8 Å². The summed E-state index contributed by atoms with van der Waals surface area (Å²) in [5, 5.41) is 0. The average Bonchev–Trinajstić information content (AvgIpc) is 2.96. The molecule has 1 unspecified atom stereocenters. The zero-order valence-corrected chi connectivity index (χ0v) is 14.5. The van der Waals surface area contributed by atoms with Crippen molar-refractivity contribution in [1.82, 2.24) is 9.88 Å². The second kappa shape index (κ2) is 6.28. The number of benzene rings is 1. The van der Waals surface area contributed by atoms with E-state index in [4.69, 9.17) is 0 Å². The van der Waals surface area contributed by atoms with E-state index in [-0.39, 0.29) is 11.9 Å². The molecule has 1 atom stereocenters. The van der Waals surface area contributed by atoms with E-state index in [1.165, 1.54) is 5.56 Å². The normalized spacial score (nSPS) is 18.0. The van der Waals surface area contributed by atoms with Crippen LogP contribution in [-0.2, 0) is 0 Å². The standard InChI is InChI=1S/C16H14Br2N2O/c17-13-4-1-3-11(9-13)14-5-2-8-20(14)16(21)12-6-7-19-15(18)10-12/h1,3-4,6-7,9-10,14H,2,5,8H2. The van der Waals surface area contributed by atoms with Crippen LogP contribution < -0.4 is 0 Å². The van der Waals surface area contributed by atoms with E-state index in [0.29, 0.717) is 10.2 Å². The van der Waals surface area contributed by atoms with Crippen LogP contribution >= 0.6 is 31.9 Å². The van der Waals surface area contributed by atoms with Crippen LogP contribution in [0.4, 0.5) is 0 Å². The maximum atomic E-state index is 12.7. The number of halogens is 2. The molecular formula is C16H14Br2N2O. The quantitative estimate of drug-likeness (QED) is 0.680. The molecule has 0 aliphatic carbocycles. The van der Waals surface area contributed by atoms with Crippen molar-refractivity contribution in [3.8, 4) is 0 Å². The van der Waals surface area contributed by atoms with Gasteiger partial charge in [-0.25, -0.2) is 4.98 Å². The number of nitrogens with zero attached hydrogens (tertiary/aromatic N) is 2. The Morgan fingerprint density at radius 1 is 1.24 bits per heavy atom. The molecule has 1 saturated heterocycles. The van der Waals surface area contributed by atoms with E-state index in [9.17, 15) is 4.79 Å². The van der Waals surface area contributed by atoms with E-state index in [1.54, 1.807) is 18.3 Å². The molecule has 1 amide bonds. The van der Waals surface area contributed by atoms with Crippen molar-refractivity contribution in [3.63, 3.8) is 0 Å². The molecule has 5 heteroatoms. The molecule has 0 spiro atoms. The number of likely N-dealkylation sites (tertiary alicyclic amines) is 1. The molecule has 1 aliphatic rings. The average molecular weight is 410 g/mol. The Kier molecular flexibility index (Phi) is 4.40. The van der Waals surface area contributed by atoms with Gasteiger partial charge in [0, 0.05) is 22.8 Å². The van der Waals surface area contributed by atoms with Gasteiger partial charge in [-0.2, -0.15) is 0 Å². The molecule has 0 N–H and O–H groups in total. The predicted molar refractivity (Wildman–Crippen MR) is 89.1 cm³/mol. The summed E-state index contributed by atoms with van der Waals surface area (Å²) in [6.45, 7) is 0.802. The Labute approximate surface area is 140 Å². The van der Waals surface area contributed by atoms with Crippen molar-refractivity contribution < 1.29 is 4.79 Å². The van der Waals surface area contributed by atoms with Gasteiger partial charge in [-0.15, -0.1) is 0 Å². The molecule has 0 saturated carbocycles. The molecule has 1 aromatic carbocycles. The van der Waals surface area contributed by atoms with Crippen molar-refractivity contribution >= 4 is 37.8 Å². The summed E-state index contributed by atoms with van der Waals surface area (Å²) in [6, 6.07) is 11.9. The van der Waals surface area contributed by atoms with E-state index in [2.05, 4.69) is 49.0 Å². The van der Waals surface area contributed by atoms with E-state index in [0.717, 1.165) is 23.9 Å². The topological polar surface area (TPSA) is 33.2 Å².